The SMILES string of the molecule is CSc1ccc(B2OCCNCCO2)cc1. The van der Waals surface area contributed by atoms with Crippen LogP contribution in [0.3, 0.4) is 0 Å². The van der Waals surface area contributed by atoms with Crippen LogP contribution in [0.4, 0.5) is 0 Å². The number of hydrogen-bond acceptors (Lipinski definition) is 4. The molecule has 0 unspecified atom stereocenters. The van der Waals surface area contributed by atoms with E-state index in [1.165, 1.54) is 4.90 Å². The summed E-state index contributed by atoms with van der Waals surface area (Å²) < 4.78 is 11.3. The molecule has 0 amide bonds. The number of rotatable bonds is 2. The molecule has 1 aromatic rings. The van der Waals surface area contributed by atoms with Gasteiger partial charge >= 0.3 is 7.12 Å². The van der Waals surface area contributed by atoms with Gasteiger partial charge in [0.05, 0.1) is 0 Å². The van der Waals surface area contributed by atoms with Gasteiger partial charge in [-0.05, 0) is 23.9 Å². The van der Waals surface area contributed by atoms with Crippen LogP contribution in [0.15, 0.2) is 29.2 Å². The molecule has 86 valence electrons. The summed E-state index contributed by atoms with van der Waals surface area (Å²) >= 11 is 1.74. The van der Waals surface area contributed by atoms with Crippen molar-refractivity contribution < 1.29 is 9.31 Å². The third-order valence-electron chi connectivity index (χ3n) is 2.48. The lowest BCUT2D eigenvalue weighted by Crippen LogP contribution is -2.43. The van der Waals surface area contributed by atoms with E-state index in [2.05, 4.69) is 35.8 Å². The number of nitrogens with one attached hydrogen (secondary N) is 1. The van der Waals surface area contributed by atoms with Gasteiger partial charge in [-0.2, -0.15) is 0 Å². The molecule has 0 radical (unpaired) electrons. The molecule has 1 aromatic carbocycles. The molecule has 1 aliphatic heterocycles. The van der Waals surface area contributed by atoms with Crippen molar-refractivity contribution in [3.8, 4) is 0 Å². The highest BCUT2D eigenvalue weighted by atomic mass is 32.2. The first kappa shape index (κ1) is 12.0. The fraction of sp³-hybridized carbons (Fsp3) is 0.455. The maximum atomic E-state index is 5.65. The monoisotopic (exact) mass is 237 g/mol. The Morgan fingerprint density at radius 2 is 1.75 bits per heavy atom. The molecule has 0 spiro atoms. The summed E-state index contributed by atoms with van der Waals surface area (Å²) in [4.78, 5) is 1.26. The highest BCUT2D eigenvalue weighted by molar-refractivity contribution is 7.98. The van der Waals surface area contributed by atoms with Gasteiger partial charge in [-0.1, -0.05) is 12.1 Å². The molecular formula is C11H16BNO2S. The van der Waals surface area contributed by atoms with E-state index in [0.29, 0.717) is 13.2 Å². The van der Waals surface area contributed by atoms with E-state index >= 15 is 0 Å². The lowest BCUT2D eigenvalue weighted by atomic mass is 9.79. The van der Waals surface area contributed by atoms with Crippen LogP contribution in [-0.2, 0) is 9.31 Å². The fourth-order valence-electron chi connectivity index (χ4n) is 1.60. The van der Waals surface area contributed by atoms with Crippen LogP contribution < -0.4 is 10.8 Å². The fourth-order valence-corrected chi connectivity index (χ4v) is 2.01. The minimum Gasteiger partial charge on any atom is -0.406 e. The van der Waals surface area contributed by atoms with Gasteiger partial charge in [0, 0.05) is 31.2 Å². The Labute approximate surface area is 101 Å². The van der Waals surface area contributed by atoms with Crippen molar-refractivity contribution in [2.24, 2.45) is 0 Å². The minimum atomic E-state index is -0.210. The summed E-state index contributed by atoms with van der Waals surface area (Å²) in [6.07, 6.45) is 2.07. The second-order valence-electron chi connectivity index (χ2n) is 3.60. The summed E-state index contributed by atoms with van der Waals surface area (Å²) in [6.45, 7) is 3.16. The van der Waals surface area contributed by atoms with Crippen molar-refractivity contribution in [3.05, 3.63) is 24.3 Å². The summed E-state index contributed by atoms with van der Waals surface area (Å²) in [5.74, 6) is 0. The molecule has 0 atom stereocenters. The molecule has 1 aliphatic rings. The molecule has 1 fully saturated rings. The van der Waals surface area contributed by atoms with Gasteiger partial charge in [-0.15, -0.1) is 11.8 Å². The van der Waals surface area contributed by atoms with Crippen molar-refractivity contribution in [2.45, 2.75) is 4.90 Å². The van der Waals surface area contributed by atoms with Crippen LogP contribution in [-0.4, -0.2) is 39.7 Å². The minimum absolute atomic E-state index is 0.210. The average Bonchev–Trinajstić information content (AvgIpc) is 2.29. The highest BCUT2D eigenvalue weighted by Gasteiger charge is 2.21. The molecule has 0 bridgehead atoms. The van der Waals surface area contributed by atoms with Gasteiger partial charge in [0.2, 0.25) is 0 Å². The summed E-state index contributed by atoms with van der Waals surface area (Å²) in [7, 11) is -0.210. The largest absolute Gasteiger partial charge is 0.493 e. The predicted octanol–water partition coefficient (Wildman–Crippen LogP) is 0.740. The Morgan fingerprint density at radius 3 is 2.31 bits per heavy atom. The first-order valence-electron chi connectivity index (χ1n) is 5.48. The summed E-state index contributed by atoms with van der Waals surface area (Å²) in [6, 6.07) is 8.35. The van der Waals surface area contributed by atoms with Crippen LogP contribution in [0.1, 0.15) is 0 Å². The molecule has 2 rings (SSSR count). The first-order valence-corrected chi connectivity index (χ1v) is 6.70. The van der Waals surface area contributed by atoms with E-state index in [9.17, 15) is 0 Å². The lowest BCUT2D eigenvalue weighted by molar-refractivity contribution is 0.187. The molecule has 0 saturated carbocycles. The smallest absolute Gasteiger partial charge is 0.406 e. The van der Waals surface area contributed by atoms with Crippen LogP contribution in [0.2, 0.25) is 0 Å². The Kier molecular flexibility index (Phi) is 4.72. The van der Waals surface area contributed by atoms with Crippen LogP contribution >= 0.6 is 11.8 Å². The Balaban J connectivity index is 2.02. The Morgan fingerprint density at radius 1 is 1.12 bits per heavy atom. The van der Waals surface area contributed by atoms with Crippen LogP contribution in [0, 0.1) is 0 Å². The van der Waals surface area contributed by atoms with Gasteiger partial charge < -0.3 is 14.6 Å². The molecule has 0 aromatic heterocycles. The van der Waals surface area contributed by atoms with Gasteiger partial charge in [-0.25, -0.2) is 0 Å². The molecule has 1 saturated heterocycles. The second kappa shape index (κ2) is 6.30. The molecular weight excluding hydrogens is 221 g/mol. The Bertz CT molecular complexity index is 312. The summed E-state index contributed by atoms with van der Waals surface area (Å²) in [5, 5.41) is 3.22. The van der Waals surface area contributed by atoms with Crippen LogP contribution in [0.5, 0.6) is 0 Å². The molecule has 16 heavy (non-hydrogen) atoms. The highest BCUT2D eigenvalue weighted by Crippen LogP contribution is 2.12. The van der Waals surface area contributed by atoms with Gasteiger partial charge in [-0.3, -0.25) is 0 Å². The van der Waals surface area contributed by atoms with Gasteiger partial charge in [0.1, 0.15) is 0 Å². The molecule has 1 N–H and O–H groups in total. The zero-order valence-electron chi connectivity index (χ0n) is 9.44. The second-order valence-corrected chi connectivity index (χ2v) is 4.48. The zero-order chi connectivity index (χ0) is 11.2. The van der Waals surface area contributed by atoms with Crippen molar-refractivity contribution in [3.63, 3.8) is 0 Å². The quantitative estimate of drug-likeness (QED) is 0.607. The van der Waals surface area contributed by atoms with E-state index in [4.69, 9.17) is 9.31 Å². The lowest BCUT2D eigenvalue weighted by Gasteiger charge is -2.18. The number of thioether (sulfide) groups is 1. The molecule has 3 nitrogen and oxygen atoms in total. The van der Waals surface area contributed by atoms with E-state index < -0.39 is 0 Å². The van der Waals surface area contributed by atoms with Crippen molar-refractivity contribution in [2.75, 3.05) is 32.6 Å². The van der Waals surface area contributed by atoms with E-state index in [1.807, 2.05) is 0 Å². The van der Waals surface area contributed by atoms with E-state index in [1.54, 1.807) is 11.8 Å². The molecule has 0 aliphatic carbocycles. The number of benzene rings is 1. The van der Waals surface area contributed by atoms with Crippen molar-refractivity contribution in [1.82, 2.24) is 5.32 Å². The average molecular weight is 237 g/mol. The van der Waals surface area contributed by atoms with Crippen molar-refractivity contribution >= 4 is 24.3 Å². The third kappa shape index (κ3) is 3.25. The topological polar surface area (TPSA) is 30.5 Å². The van der Waals surface area contributed by atoms with E-state index in [-0.39, 0.29) is 7.12 Å². The van der Waals surface area contributed by atoms with E-state index in [0.717, 1.165) is 18.6 Å². The van der Waals surface area contributed by atoms with Gasteiger partial charge in [0.25, 0.3) is 0 Å². The van der Waals surface area contributed by atoms with Crippen molar-refractivity contribution in [1.29, 1.82) is 0 Å². The van der Waals surface area contributed by atoms with Crippen LogP contribution in [0.25, 0.3) is 0 Å². The molecule has 5 heteroatoms. The standard InChI is InChI=1S/C11H16BNO2S/c1-16-11-4-2-10(3-5-11)12-14-8-6-13-7-9-15-12/h2-5,13H,6-9H2,1H3. The zero-order valence-corrected chi connectivity index (χ0v) is 10.3. The number of hydrogen-bond donors (Lipinski definition) is 1. The predicted molar refractivity (Wildman–Crippen MR) is 68.4 cm³/mol. The third-order valence-corrected chi connectivity index (χ3v) is 3.23. The Hall–Kier alpha value is -0.485. The first-order chi connectivity index (χ1) is 7.90. The van der Waals surface area contributed by atoms with Gasteiger partial charge in [0.15, 0.2) is 0 Å². The maximum Gasteiger partial charge on any atom is 0.493 e. The maximum absolute atomic E-state index is 5.65. The molecule has 1 heterocycles. The summed E-state index contributed by atoms with van der Waals surface area (Å²) in [5.41, 5.74) is 1.10. The normalized spacial score (nSPS) is 17.9.